The zero-order valence-corrected chi connectivity index (χ0v) is 16.5. The van der Waals surface area contributed by atoms with Crippen molar-refractivity contribution in [1.29, 1.82) is 0 Å². The van der Waals surface area contributed by atoms with Crippen molar-refractivity contribution in [3.05, 3.63) is 90.0 Å². The molecule has 4 rings (SSSR count). The minimum atomic E-state index is -0.852. The van der Waals surface area contributed by atoms with E-state index in [4.69, 9.17) is 4.74 Å². The summed E-state index contributed by atoms with van der Waals surface area (Å²) in [7, 11) is 2.99. The number of likely N-dealkylation sites (N-methyl/N-ethyl adjacent to an activating group) is 1. The minimum absolute atomic E-state index is 0.0302. The summed E-state index contributed by atoms with van der Waals surface area (Å²) < 4.78 is 8.03. The minimum Gasteiger partial charge on any atom is -0.496 e. The molecule has 0 spiro atoms. The van der Waals surface area contributed by atoms with Crippen molar-refractivity contribution in [2.45, 2.75) is 18.6 Å². The van der Waals surface area contributed by atoms with Crippen LogP contribution < -0.4 is 15.3 Å². The van der Waals surface area contributed by atoms with Crippen molar-refractivity contribution in [1.82, 2.24) is 4.67 Å². The van der Waals surface area contributed by atoms with E-state index in [1.165, 1.54) is 21.7 Å². The van der Waals surface area contributed by atoms with Crippen molar-refractivity contribution >= 4 is 18.7 Å². The van der Waals surface area contributed by atoms with Crippen LogP contribution in [0.15, 0.2) is 78.9 Å². The number of rotatable bonds is 5. The Morgan fingerprint density at radius 2 is 1.59 bits per heavy atom. The highest BCUT2D eigenvalue weighted by molar-refractivity contribution is 7.71. The molecule has 3 aromatic rings. The second-order valence-electron chi connectivity index (χ2n) is 6.81. The number of para-hydroxylation sites is 1. The van der Waals surface area contributed by atoms with Crippen LogP contribution in [0.5, 0.6) is 5.75 Å². The van der Waals surface area contributed by atoms with E-state index in [1.807, 2.05) is 24.3 Å². The predicted octanol–water partition coefficient (Wildman–Crippen LogP) is 3.63. The third kappa shape index (κ3) is 3.39. The summed E-state index contributed by atoms with van der Waals surface area (Å²) in [6.45, 7) is 0. The van der Waals surface area contributed by atoms with Crippen LogP contribution in [0.3, 0.4) is 0 Å². The van der Waals surface area contributed by atoms with E-state index < -0.39 is 14.2 Å². The van der Waals surface area contributed by atoms with Crippen LogP contribution >= 0.6 is 8.07 Å². The lowest BCUT2D eigenvalue weighted by Crippen LogP contribution is -2.33. The number of fused-ring (bicyclic) bond motifs is 1. The first kappa shape index (κ1) is 18.2. The Bertz CT molecular complexity index is 915. The first-order chi connectivity index (χ1) is 13.2. The van der Waals surface area contributed by atoms with Gasteiger partial charge < -0.3 is 9.84 Å². The molecule has 1 N–H and O–H groups in total. The molecule has 0 fully saturated rings. The van der Waals surface area contributed by atoms with Gasteiger partial charge in [-0.1, -0.05) is 66.7 Å². The second-order valence-corrected chi connectivity index (χ2v) is 9.06. The van der Waals surface area contributed by atoms with Gasteiger partial charge in [0, 0.05) is 19.8 Å². The van der Waals surface area contributed by atoms with E-state index in [2.05, 4.69) is 66.3 Å². The van der Waals surface area contributed by atoms with Crippen molar-refractivity contribution < 1.29 is 9.84 Å². The van der Waals surface area contributed by atoms with Gasteiger partial charge in [-0.3, -0.25) is 4.67 Å². The van der Waals surface area contributed by atoms with Gasteiger partial charge in [-0.15, -0.1) is 0 Å². The molecule has 27 heavy (non-hydrogen) atoms. The molecule has 1 aliphatic rings. The zero-order valence-electron chi connectivity index (χ0n) is 15.6. The van der Waals surface area contributed by atoms with E-state index in [0.717, 1.165) is 5.75 Å². The predicted molar refractivity (Wildman–Crippen MR) is 112 cm³/mol. The van der Waals surface area contributed by atoms with Crippen molar-refractivity contribution in [3.8, 4) is 5.75 Å². The molecule has 3 nitrogen and oxygen atoms in total. The average Bonchev–Trinajstić information content (AvgIpc) is 3.05. The van der Waals surface area contributed by atoms with Gasteiger partial charge in [-0.2, -0.15) is 0 Å². The van der Waals surface area contributed by atoms with Crippen molar-refractivity contribution in [2.75, 3.05) is 14.2 Å². The first-order valence-electron chi connectivity index (χ1n) is 9.17. The van der Waals surface area contributed by atoms with Crippen LogP contribution in [-0.2, 0) is 6.42 Å². The van der Waals surface area contributed by atoms with Gasteiger partial charge in [0.25, 0.3) is 0 Å². The van der Waals surface area contributed by atoms with Gasteiger partial charge in [0.1, 0.15) is 5.75 Å². The highest BCUT2D eigenvalue weighted by Gasteiger charge is 2.38. The van der Waals surface area contributed by atoms with Gasteiger partial charge in [0.15, 0.2) is 0 Å². The topological polar surface area (TPSA) is 32.7 Å². The van der Waals surface area contributed by atoms with Crippen LogP contribution in [0, 0.1) is 0 Å². The van der Waals surface area contributed by atoms with Crippen molar-refractivity contribution in [3.63, 3.8) is 0 Å². The summed E-state index contributed by atoms with van der Waals surface area (Å²) in [6.07, 6.45) is 0.297. The maximum Gasteiger partial charge on any atom is 0.128 e. The number of benzene rings is 3. The van der Waals surface area contributed by atoms with Gasteiger partial charge in [-0.05, 0) is 35.6 Å². The Labute approximate surface area is 162 Å². The quantitative estimate of drug-likeness (QED) is 0.689. The number of hydrogen-bond acceptors (Lipinski definition) is 3. The maximum atomic E-state index is 10.9. The Morgan fingerprint density at radius 3 is 2.37 bits per heavy atom. The molecule has 0 aromatic heterocycles. The van der Waals surface area contributed by atoms with E-state index in [1.54, 1.807) is 7.11 Å². The molecule has 0 aliphatic heterocycles. The zero-order chi connectivity index (χ0) is 18.8. The summed E-state index contributed by atoms with van der Waals surface area (Å²) in [4.78, 5) is 0. The Kier molecular flexibility index (Phi) is 5.27. The summed E-state index contributed by atoms with van der Waals surface area (Å²) >= 11 is 0. The number of hydrogen-bond donors (Lipinski definition) is 1. The van der Waals surface area contributed by atoms with Gasteiger partial charge >= 0.3 is 0 Å². The Hall–Kier alpha value is -2.19. The first-order valence-corrected chi connectivity index (χ1v) is 10.5. The van der Waals surface area contributed by atoms with E-state index in [-0.39, 0.29) is 6.04 Å². The van der Waals surface area contributed by atoms with E-state index >= 15 is 0 Å². The van der Waals surface area contributed by atoms with Gasteiger partial charge in [-0.25, -0.2) is 0 Å². The van der Waals surface area contributed by atoms with Crippen LogP contribution in [0.25, 0.3) is 0 Å². The van der Waals surface area contributed by atoms with Gasteiger partial charge in [0.2, 0.25) is 0 Å². The number of ether oxygens (including phenoxy) is 1. The summed E-state index contributed by atoms with van der Waals surface area (Å²) in [6, 6.07) is 27.1. The molecule has 0 saturated heterocycles. The number of aliphatic hydroxyl groups is 1. The molecule has 3 aromatic carbocycles. The summed E-state index contributed by atoms with van der Waals surface area (Å²) in [5.41, 5.74) is 2.47. The van der Waals surface area contributed by atoms with Crippen LogP contribution in [0.1, 0.15) is 17.2 Å². The molecule has 0 radical (unpaired) electrons. The SMILES string of the molecule is COc1ccccc1P(c1ccccc1)N(C)[C@@H]1c2ccccc2CC1O. The van der Waals surface area contributed by atoms with Crippen LogP contribution in [-0.4, -0.2) is 30.0 Å². The molecular formula is C23H24NO2P. The molecule has 1 aliphatic carbocycles. The fourth-order valence-electron chi connectivity index (χ4n) is 3.99. The molecule has 138 valence electrons. The molecular weight excluding hydrogens is 353 g/mol. The monoisotopic (exact) mass is 377 g/mol. The maximum absolute atomic E-state index is 10.9. The Balaban J connectivity index is 1.82. The third-order valence-corrected chi connectivity index (χ3v) is 7.69. The Morgan fingerprint density at radius 1 is 0.926 bits per heavy atom. The fraction of sp³-hybridized carbons (Fsp3) is 0.217. The average molecular weight is 377 g/mol. The molecule has 3 atom stereocenters. The van der Waals surface area contributed by atoms with E-state index in [0.29, 0.717) is 6.42 Å². The standard InChI is InChI=1S/C23H24NO2P/c1-24(23-19-13-7-6-10-17(19)16-20(23)25)27(18-11-4-3-5-12-18)22-15-9-8-14-21(22)26-2/h3-15,20,23,25H,16H2,1-2H3/t20?,23-,27?/m1/s1. The molecule has 0 amide bonds. The molecule has 4 heteroatoms. The van der Waals surface area contributed by atoms with E-state index in [9.17, 15) is 5.11 Å². The van der Waals surface area contributed by atoms with Gasteiger partial charge in [0.05, 0.1) is 19.3 Å². The highest BCUT2D eigenvalue weighted by atomic mass is 31.1. The molecule has 0 saturated carbocycles. The molecule has 0 bridgehead atoms. The highest BCUT2D eigenvalue weighted by Crippen LogP contribution is 2.49. The smallest absolute Gasteiger partial charge is 0.128 e. The number of nitrogens with zero attached hydrogens (tertiary/aromatic N) is 1. The largest absolute Gasteiger partial charge is 0.496 e. The molecule has 0 heterocycles. The second kappa shape index (κ2) is 7.82. The fourth-order valence-corrected chi connectivity index (χ4v) is 6.56. The number of aliphatic hydroxyl groups excluding tert-OH is 1. The number of methoxy groups -OCH3 is 1. The third-order valence-electron chi connectivity index (χ3n) is 5.20. The van der Waals surface area contributed by atoms with Crippen molar-refractivity contribution in [2.24, 2.45) is 0 Å². The van der Waals surface area contributed by atoms with Crippen LogP contribution in [0.2, 0.25) is 0 Å². The normalized spacial score (nSPS) is 19.7. The lowest BCUT2D eigenvalue weighted by Gasteiger charge is -2.36. The lowest BCUT2D eigenvalue weighted by atomic mass is 10.1. The van der Waals surface area contributed by atoms with Crippen LogP contribution in [0.4, 0.5) is 0 Å². The summed E-state index contributed by atoms with van der Waals surface area (Å²) in [5.74, 6) is 0.889. The lowest BCUT2D eigenvalue weighted by molar-refractivity contribution is 0.116. The summed E-state index contributed by atoms with van der Waals surface area (Å²) in [5, 5.41) is 13.3. The molecule has 2 unspecified atom stereocenters.